The molecule has 0 N–H and O–H groups in total. The molecule has 0 unspecified atom stereocenters. The summed E-state index contributed by atoms with van der Waals surface area (Å²) in [5, 5.41) is 9.05. The summed E-state index contributed by atoms with van der Waals surface area (Å²) in [5.41, 5.74) is -0.0129. The van der Waals surface area contributed by atoms with Crippen molar-refractivity contribution >= 4 is 21.2 Å². The molecule has 1 heterocycles. The number of allylic oxidation sites excluding steroid dienone is 1. The molecule has 0 fully saturated rings. The predicted octanol–water partition coefficient (Wildman–Crippen LogP) is 3.26. The first kappa shape index (κ1) is 14.2. The van der Waals surface area contributed by atoms with E-state index in [1.54, 1.807) is 12.1 Å². The second kappa shape index (κ2) is 4.93. The Balaban J connectivity index is 2.35. The van der Waals surface area contributed by atoms with E-state index in [1.807, 2.05) is 0 Å². The number of para-hydroxylation sites is 1. The van der Waals surface area contributed by atoms with Crippen molar-refractivity contribution in [1.29, 1.82) is 5.26 Å². The molecule has 0 aromatic heterocycles. The smallest absolute Gasteiger partial charge is 0.220 e. The lowest BCUT2D eigenvalue weighted by molar-refractivity contribution is 0.599. The van der Waals surface area contributed by atoms with E-state index in [9.17, 15) is 17.2 Å². The van der Waals surface area contributed by atoms with Crippen LogP contribution in [0.1, 0.15) is 0 Å². The average molecular weight is 318 g/mol. The van der Waals surface area contributed by atoms with Crippen molar-refractivity contribution in [2.24, 2.45) is 0 Å². The third kappa shape index (κ3) is 2.05. The molecular formula is C15H8F2N2O2S. The summed E-state index contributed by atoms with van der Waals surface area (Å²) in [7, 11) is -4.03. The number of anilines is 2. The first-order valence-corrected chi connectivity index (χ1v) is 7.64. The van der Waals surface area contributed by atoms with Gasteiger partial charge in [-0.3, -0.25) is 0 Å². The number of halogens is 2. The number of sulfone groups is 1. The van der Waals surface area contributed by atoms with E-state index in [0.29, 0.717) is 0 Å². The third-order valence-electron chi connectivity index (χ3n) is 3.23. The second-order valence-electron chi connectivity index (χ2n) is 4.54. The minimum Gasteiger partial charge on any atom is -0.311 e. The normalized spacial score (nSPS) is 15.7. The second-order valence-corrected chi connectivity index (χ2v) is 6.43. The van der Waals surface area contributed by atoms with Crippen LogP contribution in [0, 0.1) is 23.0 Å². The summed E-state index contributed by atoms with van der Waals surface area (Å²) in [6.07, 6.45) is 0.996. The molecule has 0 aliphatic carbocycles. The molecule has 0 radical (unpaired) electrons. The van der Waals surface area contributed by atoms with Crippen LogP contribution in [0.4, 0.5) is 20.2 Å². The van der Waals surface area contributed by atoms with E-state index in [0.717, 1.165) is 29.3 Å². The Hall–Kier alpha value is -2.72. The molecule has 0 atom stereocenters. The Kier molecular flexibility index (Phi) is 3.19. The fraction of sp³-hybridized carbons (Fsp3) is 0. The number of nitriles is 1. The summed E-state index contributed by atoms with van der Waals surface area (Å²) in [6.45, 7) is 0. The van der Waals surface area contributed by atoms with Crippen molar-refractivity contribution in [2.75, 3.05) is 4.90 Å². The Labute approximate surface area is 125 Å². The summed E-state index contributed by atoms with van der Waals surface area (Å²) in [4.78, 5) is 0.388. The van der Waals surface area contributed by atoms with Gasteiger partial charge >= 0.3 is 0 Å². The number of nitrogens with zero attached hydrogens (tertiary/aromatic N) is 2. The molecule has 2 aromatic rings. The molecule has 0 saturated carbocycles. The zero-order chi connectivity index (χ0) is 15.9. The van der Waals surface area contributed by atoms with Crippen LogP contribution in [-0.2, 0) is 9.84 Å². The van der Waals surface area contributed by atoms with Gasteiger partial charge in [-0.2, -0.15) is 5.26 Å². The lowest BCUT2D eigenvalue weighted by Gasteiger charge is -2.27. The average Bonchev–Trinajstić information content (AvgIpc) is 2.48. The number of benzene rings is 2. The molecule has 0 saturated heterocycles. The zero-order valence-corrected chi connectivity index (χ0v) is 11.8. The van der Waals surface area contributed by atoms with Crippen molar-refractivity contribution in [3.05, 3.63) is 65.2 Å². The van der Waals surface area contributed by atoms with E-state index in [2.05, 4.69) is 0 Å². The first-order valence-electron chi connectivity index (χ1n) is 6.15. The van der Waals surface area contributed by atoms with Crippen LogP contribution < -0.4 is 4.90 Å². The molecule has 2 aromatic carbocycles. The Bertz CT molecular complexity index is 946. The van der Waals surface area contributed by atoms with Crippen molar-refractivity contribution < 1.29 is 17.2 Å². The zero-order valence-electron chi connectivity index (χ0n) is 11.0. The first-order chi connectivity index (χ1) is 10.4. The predicted molar refractivity (Wildman–Crippen MR) is 75.8 cm³/mol. The van der Waals surface area contributed by atoms with Gasteiger partial charge in [0.25, 0.3) is 0 Å². The maximum Gasteiger partial charge on any atom is 0.220 e. The van der Waals surface area contributed by atoms with Gasteiger partial charge in [-0.25, -0.2) is 17.2 Å². The summed E-state index contributed by atoms with van der Waals surface area (Å²) < 4.78 is 52.1. The standard InChI is InChI=1S/C15H8F2N2O2S/c16-10-5-6-15-14(7-10)19(9-11(8-18)22(15,20)21)13-4-2-1-3-12(13)17/h1-7,9H. The number of hydrogen-bond donors (Lipinski definition) is 0. The van der Waals surface area contributed by atoms with Gasteiger partial charge in [0.15, 0.2) is 4.91 Å². The molecule has 0 bridgehead atoms. The van der Waals surface area contributed by atoms with Crippen LogP contribution in [0.2, 0.25) is 0 Å². The maximum absolute atomic E-state index is 14.0. The topological polar surface area (TPSA) is 61.2 Å². The van der Waals surface area contributed by atoms with Crippen LogP contribution in [0.5, 0.6) is 0 Å². The van der Waals surface area contributed by atoms with E-state index >= 15 is 0 Å². The fourth-order valence-electron chi connectivity index (χ4n) is 2.22. The van der Waals surface area contributed by atoms with Gasteiger partial charge in [0.05, 0.1) is 16.3 Å². The molecule has 4 nitrogen and oxygen atoms in total. The highest BCUT2D eigenvalue weighted by Gasteiger charge is 2.33. The summed E-state index contributed by atoms with van der Waals surface area (Å²) >= 11 is 0. The molecule has 1 aliphatic rings. The number of fused-ring (bicyclic) bond motifs is 1. The SMILES string of the molecule is N#CC1=CN(c2ccccc2F)c2cc(F)ccc2S1(=O)=O. The maximum atomic E-state index is 14.0. The van der Waals surface area contributed by atoms with Crippen molar-refractivity contribution in [2.45, 2.75) is 4.90 Å². The molecule has 7 heteroatoms. The third-order valence-corrected chi connectivity index (χ3v) is 4.93. The molecule has 3 rings (SSSR count). The van der Waals surface area contributed by atoms with E-state index in [-0.39, 0.29) is 16.3 Å². The van der Waals surface area contributed by atoms with Crippen LogP contribution in [0.3, 0.4) is 0 Å². The molecule has 110 valence electrons. The lowest BCUT2D eigenvalue weighted by atomic mass is 10.2. The Morgan fingerprint density at radius 1 is 1.05 bits per heavy atom. The molecule has 0 amide bonds. The van der Waals surface area contributed by atoms with Crippen LogP contribution >= 0.6 is 0 Å². The molecule has 0 spiro atoms. The molecule has 1 aliphatic heterocycles. The van der Waals surface area contributed by atoms with Crippen molar-refractivity contribution in [3.63, 3.8) is 0 Å². The monoisotopic (exact) mass is 318 g/mol. The summed E-state index contributed by atoms with van der Waals surface area (Å²) in [5.74, 6) is -1.28. The van der Waals surface area contributed by atoms with E-state index in [4.69, 9.17) is 5.26 Å². The largest absolute Gasteiger partial charge is 0.311 e. The Morgan fingerprint density at radius 2 is 1.77 bits per heavy atom. The van der Waals surface area contributed by atoms with Crippen molar-refractivity contribution in [1.82, 2.24) is 0 Å². The van der Waals surface area contributed by atoms with Gasteiger partial charge in [0.2, 0.25) is 9.84 Å². The van der Waals surface area contributed by atoms with Gasteiger partial charge in [0.1, 0.15) is 17.7 Å². The van der Waals surface area contributed by atoms with Gasteiger partial charge in [-0.05, 0) is 30.3 Å². The van der Waals surface area contributed by atoms with Gasteiger partial charge in [-0.15, -0.1) is 0 Å². The van der Waals surface area contributed by atoms with Crippen LogP contribution in [-0.4, -0.2) is 8.42 Å². The highest BCUT2D eigenvalue weighted by atomic mass is 32.2. The minimum atomic E-state index is -4.03. The van der Waals surface area contributed by atoms with Gasteiger partial charge in [0, 0.05) is 6.20 Å². The fourth-order valence-corrected chi connectivity index (χ4v) is 3.50. The van der Waals surface area contributed by atoms with Gasteiger partial charge in [-0.1, -0.05) is 12.1 Å². The highest BCUT2D eigenvalue weighted by Crippen LogP contribution is 2.40. The lowest BCUT2D eigenvalue weighted by Crippen LogP contribution is -2.22. The van der Waals surface area contributed by atoms with Crippen molar-refractivity contribution in [3.8, 4) is 6.07 Å². The highest BCUT2D eigenvalue weighted by molar-refractivity contribution is 7.95. The van der Waals surface area contributed by atoms with Crippen LogP contribution in [0.15, 0.2) is 58.5 Å². The number of hydrogen-bond acceptors (Lipinski definition) is 4. The van der Waals surface area contributed by atoms with Crippen LogP contribution in [0.25, 0.3) is 0 Å². The number of rotatable bonds is 1. The minimum absolute atomic E-state index is 0.0250. The Morgan fingerprint density at radius 3 is 2.45 bits per heavy atom. The summed E-state index contributed by atoms with van der Waals surface area (Å²) in [6, 6.07) is 10.3. The van der Waals surface area contributed by atoms with E-state index < -0.39 is 26.4 Å². The molecular weight excluding hydrogens is 310 g/mol. The molecule has 22 heavy (non-hydrogen) atoms. The quantitative estimate of drug-likeness (QED) is 0.757. The van der Waals surface area contributed by atoms with E-state index in [1.165, 1.54) is 18.2 Å². The van der Waals surface area contributed by atoms with Gasteiger partial charge < -0.3 is 4.90 Å².